The van der Waals surface area contributed by atoms with E-state index < -0.39 is 5.91 Å². The molecule has 0 saturated heterocycles. The van der Waals surface area contributed by atoms with Gasteiger partial charge in [0.15, 0.2) is 0 Å². The van der Waals surface area contributed by atoms with Crippen LogP contribution >= 0.6 is 23.4 Å². The molecule has 1 saturated carbocycles. The number of nitrogens with one attached hydrogen (secondary N) is 2. The Kier molecular flexibility index (Phi) is 8.23. The maximum atomic E-state index is 13.3. The van der Waals surface area contributed by atoms with Gasteiger partial charge in [-0.15, -0.1) is 0 Å². The number of halogens is 2. The number of hydrogen-bond acceptors (Lipinski definition) is 6. The van der Waals surface area contributed by atoms with Crippen LogP contribution in [0.5, 0.6) is 0 Å². The van der Waals surface area contributed by atoms with Gasteiger partial charge >= 0.3 is 0 Å². The fourth-order valence-electron chi connectivity index (χ4n) is 4.48. The number of amides is 4. The SMILES string of the molecule is CN(C)C(=O)c1ccc2oc(C(=O)Nc3ccc(Cl)cn3)c(NC(=O)C3CCC(C(=O)N(C)Cl)CC3)c2c1. The van der Waals surface area contributed by atoms with Crippen LogP contribution in [0, 0.1) is 11.8 Å². The first-order valence-electron chi connectivity index (χ1n) is 12.0. The van der Waals surface area contributed by atoms with Crippen molar-refractivity contribution in [2.75, 3.05) is 31.8 Å². The molecule has 2 heterocycles. The molecule has 38 heavy (non-hydrogen) atoms. The Morgan fingerprint density at radius 2 is 1.66 bits per heavy atom. The predicted octanol–water partition coefficient (Wildman–Crippen LogP) is 4.79. The summed E-state index contributed by atoms with van der Waals surface area (Å²) in [5, 5.41) is 6.32. The van der Waals surface area contributed by atoms with Crippen molar-refractivity contribution < 1.29 is 23.6 Å². The zero-order valence-corrected chi connectivity index (χ0v) is 22.6. The summed E-state index contributed by atoms with van der Waals surface area (Å²) in [5.41, 5.74) is 0.849. The summed E-state index contributed by atoms with van der Waals surface area (Å²) in [6.07, 6.45) is 3.42. The van der Waals surface area contributed by atoms with Crippen LogP contribution in [-0.2, 0) is 9.59 Å². The van der Waals surface area contributed by atoms with Gasteiger partial charge in [0, 0.05) is 61.9 Å². The first-order valence-corrected chi connectivity index (χ1v) is 12.7. The highest BCUT2D eigenvalue weighted by molar-refractivity contribution is 6.30. The van der Waals surface area contributed by atoms with Crippen LogP contribution in [0.4, 0.5) is 11.5 Å². The molecular weight excluding hydrogens is 533 g/mol. The maximum Gasteiger partial charge on any atom is 0.294 e. The Bertz CT molecular complexity index is 1380. The number of carbonyl (C=O) groups excluding carboxylic acids is 4. The van der Waals surface area contributed by atoms with Crippen molar-refractivity contribution in [1.29, 1.82) is 0 Å². The fourth-order valence-corrected chi connectivity index (χ4v) is 4.72. The van der Waals surface area contributed by atoms with Gasteiger partial charge in [-0.3, -0.25) is 23.6 Å². The lowest BCUT2D eigenvalue weighted by Crippen LogP contribution is -2.33. The van der Waals surface area contributed by atoms with Crippen molar-refractivity contribution in [2.45, 2.75) is 25.7 Å². The van der Waals surface area contributed by atoms with Gasteiger partial charge in [-0.2, -0.15) is 0 Å². The summed E-state index contributed by atoms with van der Waals surface area (Å²) in [4.78, 5) is 56.8. The number of hydrogen-bond donors (Lipinski definition) is 2. The van der Waals surface area contributed by atoms with E-state index in [-0.39, 0.29) is 46.8 Å². The van der Waals surface area contributed by atoms with Gasteiger partial charge in [0.05, 0.1) is 5.02 Å². The molecule has 1 aliphatic carbocycles. The molecule has 200 valence electrons. The molecule has 2 aromatic heterocycles. The largest absolute Gasteiger partial charge is 0.449 e. The highest BCUT2D eigenvalue weighted by Crippen LogP contribution is 2.35. The van der Waals surface area contributed by atoms with E-state index in [0.29, 0.717) is 47.2 Å². The molecule has 0 atom stereocenters. The molecular formula is C26H27Cl2N5O5. The maximum absolute atomic E-state index is 13.3. The summed E-state index contributed by atoms with van der Waals surface area (Å²) in [5.74, 6) is -1.84. The molecule has 10 nitrogen and oxygen atoms in total. The zero-order chi connectivity index (χ0) is 27.6. The second kappa shape index (κ2) is 11.4. The van der Waals surface area contributed by atoms with E-state index in [1.165, 1.54) is 24.2 Å². The third kappa shape index (κ3) is 5.92. The number of aromatic nitrogens is 1. The number of rotatable bonds is 6. The Morgan fingerprint density at radius 3 is 2.26 bits per heavy atom. The Balaban J connectivity index is 1.63. The minimum atomic E-state index is -0.633. The first kappa shape index (κ1) is 27.4. The number of furan rings is 1. The number of benzene rings is 1. The van der Waals surface area contributed by atoms with E-state index in [1.54, 1.807) is 38.4 Å². The molecule has 2 N–H and O–H groups in total. The molecule has 12 heteroatoms. The number of anilines is 2. The summed E-state index contributed by atoms with van der Waals surface area (Å²) < 4.78 is 6.90. The van der Waals surface area contributed by atoms with Gasteiger partial charge in [0.2, 0.25) is 17.6 Å². The molecule has 1 aliphatic rings. The Hall–Kier alpha value is -3.63. The average molecular weight is 560 g/mol. The molecule has 0 spiro atoms. The third-order valence-electron chi connectivity index (χ3n) is 6.52. The van der Waals surface area contributed by atoms with Crippen molar-refractivity contribution in [3.05, 3.63) is 52.9 Å². The number of pyridine rings is 1. The summed E-state index contributed by atoms with van der Waals surface area (Å²) in [6.45, 7) is 0. The Labute approximate surface area is 229 Å². The van der Waals surface area contributed by atoms with Crippen LogP contribution < -0.4 is 10.6 Å². The number of fused-ring (bicyclic) bond motifs is 1. The molecule has 0 unspecified atom stereocenters. The van der Waals surface area contributed by atoms with Crippen LogP contribution in [-0.4, -0.2) is 59.1 Å². The third-order valence-corrected chi connectivity index (χ3v) is 6.91. The smallest absolute Gasteiger partial charge is 0.294 e. The monoisotopic (exact) mass is 559 g/mol. The van der Waals surface area contributed by atoms with Gasteiger partial charge < -0.3 is 20.0 Å². The second-order valence-electron chi connectivity index (χ2n) is 9.39. The summed E-state index contributed by atoms with van der Waals surface area (Å²) in [6, 6.07) is 7.87. The summed E-state index contributed by atoms with van der Waals surface area (Å²) >= 11 is 11.7. The van der Waals surface area contributed by atoms with Crippen LogP contribution in [0.1, 0.15) is 46.6 Å². The van der Waals surface area contributed by atoms with Crippen molar-refractivity contribution >= 4 is 69.5 Å². The van der Waals surface area contributed by atoms with E-state index >= 15 is 0 Å². The molecule has 0 bridgehead atoms. The minimum Gasteiger partial charge on any atom is -0.449 e. The summed E-state index contributed by atoms with van der Waals surface area (Å²) in [7, 11) is 4.76. The van der Waals surface area contributed by atoms with Crippen LogP contribution in [0.3, 0.4) is 0 Å². The lowest BCUT2D eigenvalue weighted by molar-refractivity contribution is -0.132. The fraction of sp³-hybridized carbons (Fsp3) is 0.346. The first-order chi connectivity index (χ1) is 18.0. The van der Waals surface area contributed by atoms with Gasteiger partial charge in [0.25, 0.3) is 11.8 Å². The van der Waals surface area contributed by atoms with Gasteiger partial charge in [-0.1, -0.05) is 11.6 Å². The second-order valence-corrected chi connectivity index (χ2v) is 10.3. The lowest BCUT2D eigenvalue weighted by Gasteiger charge is -2.27. The van der Waals surface area contributed by atoms with Crippen LogP contribution in [0.2, 0.25) is 5.02 Å². The van der Waals surface area contributed by atoms with Crippen LogP contribution in [0.15, 0.2) is 40.9 Å². The molecule has 0 radical (unpaired) electrons. The van der Waals surface area contributed by atoms with E-state index in [9.17, 15) is 19.2 Å². The highest BCUT2D eigenvalue weighted by Gasteiger charge is 2.33. The van der Waals surface area contributed by atoms with Crippen molar-refractivity contribution in [1.82, 2.24) is 14.3 Å². The van der Waals surface area contributed by atoms with Gasteiger partial charge in [-0.05, 0) is 56.0 Å². The lowest BCUT2D eigenvalue weighted by atomic mass is 9.81. The van der Waals surface area contributed by atoms with Gasteiger partial charge in [-0.25, -0.2) is 4.98 Å². The topological polar surface area (TPSA) is 125 Å². The quantitative estimate of drug-likeness (QED) is 0.418. The van der Waals surface area contributed by atoms with Crippen molar-refractivity contribution in [3.63, 3.8) is 0 Å². The standard InChI is InChI=1S/C26H27Cl2N5O5/c1-32(2)25(36)16-8-10-19-18(12-16)21(22(38-19)24(35)30-20-11-9-17(27)13-29-20)31-23(34)14-4-6-15(7-5-14)26(37)33(3)28/h8-15H,4-7H2,1-3H3,(H,31,34)(H,29,30,35). The molecule has 0 aliphatic heterocycles. The zero-order valence-electron chi connectivity index (χ0n) is 21.1. The van der Waals surface area contributed by atoms with E-state index in [2.05, 4.69) is 15.6 Å². The molecule has 4 rings (SSSR count). The predicted molar refractivity (Wildman–Crippen MR) is 144 cm³/mol. The minimum absolute atomic E-state index is 0.132. The van der Waals surface area contributed by atoms with Crippen LogP contribution in [0.25, 0.3) is 11.0 Å². The number of carbonyl (C=O) groups is 4. The molecule has 4 amide bonds. The average Bonchev–Trinajstić information content (AvgIpc) is 3.26. The Morgan fingerprint density at radius 1 is 0.974 bits per heavy atom. The normalized spacial score (nSPS) is 17.1. The molecule has 3 aromatic rings. The van der Waals surface area contributed by atoms with E-state index in [4.69, 9.17) is 27.8 Å². The van der Waals surface area contributed by atoms with Crippen molar-refractivity contribution in [3.8, 4) is 0 Å². The molecule has 1 aromatic carbocycles. The highest BCUT2D eigenvalue weighted by atomic mass is 35.5. The van der Waals surface area contributed by atoms with E-state index in [1.807, 2.05) is 0 Å². The van der Waals surface area contributed by atoms with E-state index in [0.717, 1.165) is 4.42 Å². The van der Waals surface area contributed by atoms with Crippen molar-refractivity contribution in [2.24, 2.45) is 11.8 Å². The van der Waals surface area contributed by atoms with Gasteiger partial charge in [0.1, 0.15) is 17.1 Å². The molecule has 1 fully saturated rings. The number of nitrogens with zero attached hydrogens (tertiary/aromatic N) is 3.